The van der Waals surface area contributed by atoms with E-state index in [9.17, 15) is 9.18 Å². The number of rotatable bonds is 4. The summed E-state index contributed by atoms with van der Waals surface area (Å²) in [6.45, 7) is 0.727. The van der Waals surface area contributed by atoms with E-state index in [0.29, 0.717) is 12.0 Å². The van der Waals surface area contributed by atoms with Gasteiger partial charge in [-0.2, -0.15) is 0 Å². The first-order chi connectivity index (χ1) is 13.0. The zero-order chi connectivity index (χ0) is 18.6. The number of benzene rings is 2. The Morgan fingerprint density at radius 2 is 1.85 bits per heavy atom. The molecule has 27 heavy (non-hydrogen) atoms. The Labute approximate surface area is 159 Å². The second-order valence-corrected chi connectivity index (χ2v) is 8.73. The van der Waals surface area contributed by atoms with Crippen molar-refractivity contribution in [2.24, 2.45) is 5.41 Å². The first-order valence-corrected chi connectivity index (χ1v) is 9.85. The van der Waals surface area contributed by atoms with E-state index in [0.717, 1.165) is 37.8 Å². The van der Waals surface area contributed by atoms with Gasteiger partial charge in [-0.15, -0.1) is 0 Å². The van der Waals surface area contributed by atoms with E-state index in [2.05, 4.69) is 23.5 Å². The largest absolute Gasteiger partial charge is 0.331 e. The number of halogens is 1. The standard InChI is InChI=1S/C23H25FN2O/c1-25-23-13-22(14-23,15-23)12-20(27)26-11-10-16-4-2-3-5-19(16)21(26)17-6-8-18(24)9-7-17/h2-9,21,25H,10-15H2,1H3. The van der Waals surface area contributed by atoms with Crippen molar-refractivity contribution in [3.63, 3.8) is 0 Å². The molecule has 0 spiro atoms. The molecule has 2 aromatic carbocycles. The second kappa shape index (κ2) is 5.90. The summed E-state index contributed by atoms with van der Waals surface area (Å²) >= 11 is 0. The number of carbonyl (C=O) groups excluding carboxylic acids is 1. The van der Waals surface area contributed by atoms with Crippen LogP contribution in [0.25, 0.3) is 0 Å². The van der Waals surface area contributed by atoms with Gasteiger partial charge in [-0.25, -0.2) is 4.39 Å². The molecule has 1 N–H and O–H groups in total. The topological polar surface area (TPSA) is 32.3 Å². The molecule has 3 nitrogen and oxygen atoms in total. The third kappa shape index (κ3) is 2.61. The van der Waals surface area contributed by atoms with E-state index in [1.165, 1.54) is 23.3 Å². The summed E-state index contributed by atoms with van der Waals surface area (Å²) < 4.78 is 13.5. The number of hydrogen-bond donors (Lipinski definition) is 1. The SMILES string of the molecule is CNC12CC(CC(=O)N3CCc4ccccc4C3c3ccc(F)cc3)(C1)C2. The zero-order valence-electron chi connectivity index (χ0n) is 15.7. The highest BCUT2D eigenvalue weighted by Gasteiger charge is 2.67. The fraction of sp³-hybridized carbons (Fsp3) is 0.435. The van der Waals surface area contributed by atoms with Crippen LogP contribution in [0.5, 0.6) is 0 Å². The summed E-state index contributed by atoms with van der Waals surface area (Å²) in [6.07, 6.45) is 4.87. The highest BCUT2D eigenvalue weighted by Crippen LogP contribution is 2.69. The molecule has 0 aromatic heterocycles. The molecule has 140 valence electrons. The molecule has 4 heteroatoms. The maximum Gasteiger partial charge on any atom is 0.223 e. The van der Waals surface area contributed by atoms with E-state index in [1.807, 2.05) is 30.1 Å². The summed E-state index contributed by atoms with van der Waals surface area (Å²) in [6, 6.07) is 14.8. The molecule has 1 aliphatic heterocycles. The van der Waals surface area contributed by atoms with E-state index in [1.54, 1.807) is 0 Å². The minimum absolute atomic E-state index is 0.117. The van der Waals surface area contributed by atoms with Gasteiger partial charge in [-0.05, 0) is 67.0 Å². The van der Waals surface area contributed by atoms with Crippen LogP contribution < -0.4 is 5.32 Å². The Kier molecular flexibility index (Phi) is 3.70. The fourth-order valence-corrected chi connectivity index (χ4v) is 5.71. The summed E-state index contributed by atoms with van der Waals surface area (Å²) in [5.74, 6) is -0.00446. The third-order valence-electron chi connectivity index (χ3n) is 6.99. The molecule has 0 saturated heterocycles. The Balaban J connectivity index is 1.44. The van der Waals surface area contributed by atoms with Crippen LogP contribution in [0.1, 0.15) is 48.4 Å². The van der Waals surface area contributed by atoms with Gasteiger partial charge in [0.2, 0.25) is 5.91 Å². The second-order valence-electron chi connectivity index (χ2n) is 8.73. The molecule has 1 atom stereocenters. The third-order valence-corrected chi connectivity index (χ3v) is 6.99. The van der Waals surface area contributed by atoms with Gasteiger partial charge in [-0.3, -0.25) is 4.79 Å². The van der Waals surface area contributed by atoms with Crippen LogP contribution in [-0.4, -0.2) is 29.9 Å². The van der Waals surface area contributed by atoms with E-state index in [4.69, 9.17) is 0 Å². The first-order valence-electron chi connectivity index (χ1n) is 9.85. The maximum atomic E-state index is 13.5. The molecule has 1 heterocycles. The van der Waals surface area contributed by atoms with Gasteiger partial charge in [0.1, 0.15) is 5.82 Å². The molecular formula is C23H25FN2O. The normalized spacial score (nSPS) is 30.9. The molecular weight excluding hydrogens is 339 g/mol. The number of amides is 1. The molecule has 3 saturated carbocycles. The first kappa shape index (κ1) is 16.9. The monoisotopic (exact) mass is 364 g/mol. The van der Waals surface area contributed by atoms with Crippen molar-refractivity contribution < 1.29 is 9.18 Å². The van der Waals surface area contributed by atoms with Crippen LogP contribution in [-0.2, 0) is 11.2 Å². The van der Waals surface area contributed by atoms with Crippen LogP contribution in [0.15, 0.2) is 48.5 Å². The Bertz CT molecular complexity index is 872. The average Bonchev–Trinajstić information content (AvgIpc) is 2.63. The highest BCUT2D eigenvalue weighted by atomic mass is 19.1. The molecule has 0 radical (unpaired) electrons. The van der Waals surface area contributed by atoms with Crippen molar-refractivity contribution in [3.05, 3.63) is 71.0 Å². The molecule has 1 amide bonds. The van der Waals surface area contributed by atoms with Crippen LogP contribution in [0.2, 0.25) is 0 Å². The van der Waals surface area contributed by atoms with Gasteiger partial charge >= 0.3 is 0 Å². The lowest BCUT2D eigenvalue weighted by atomic mass is 9.38. The minimum Gasteiger partial charge on any atom is -0.331 e. The van der Waals surface area contributed by atoms with Crippen molar-refractivity contribution >= 4 is 5.91 Å². The molecule has 3 aliphatic carbocycles. The van der Waals surface area contributed by atoms with Gasteiger partial charge in [-0.1, -0.05) is 36.4 Å². The van der Waals surface area contributed by atoms with Crippen molar-refractivity contribution in [2.75, 3.05) is 13.6 Å². The van der Waals surface area contributed by atoms with Crippen molar-refractivity contribution in [1.29, 1.82) is 0 Å². The van der Waals surface area contributed by atoms with Gasteiger partial charge in [0.05, 0.1) is 6.04 Å². The summed E-state index contributed by atoms with van der Waals surface area (Å²) in [4.78, 5) is 15.3. The van der Waals surface area contributed by atoms with Crippen LogP contribution in [0.3, 0.4) is 0 Å². The Morgan fingerprint density at radius 3 is 2.56 bits per heavy atom. The Morgan fingerprint density at radius 1 is 1.15 bits per heavy atom. The van der Waals surface area contributed by atoms with Gasteiger partial charge in [0.25, 0.3) is 0 Å². The highest BCUT2D eigenvalue weighted by molar-refractivity contribution is 5.79. The predicted molar refractivity (Wildman–Crippen MR) is 103 cm³/mol. The lowest BCUT2D eigenvalue weighted by Gasteiger charge is -2.71. The maximum absolute atomic E-state index is 13.5. The summed E-state index contributed by atoms with van der Waals surface area (Å²) in [5, 5.41) is 3.41. The van der Waals surface area contributed by atoms with Gasteiger partial charge in [0, 0.05) is 18.5 Å². The number of carbonyl (C=O) groups is 1. The fourth-order valence-electron chi connectivity index (χ4n) is 5.71. The molecule has 2 aromatic rings. The van der Waals surface area contributed by atoms with E-state index < -0.39 is 0 Å². The van der Waals surface area contributed by atoms with Gasteiger partial charge < -0.3 is 10.2 Å². The number of nitrogens with zero attached hydrogens (tertiary/aromatic N) is 1. The molecule has 3 fully saturated rings. The predicted octanol–water partition coefficient (Wildman–Crippen LogP) is 3.83. The van der Waals surface area contributed by atoms with Crippen LogP contribution >= 0.6 is 0 Å². The Hall–Kier alpha value is -2.20. The molecule has 4 aliphatic rings. The van der Waals surface area contributed by atoms with Crippen LogP contribution in [0.4, 0.5) is 4.39 Å². The van der Waals surface area contributed by atoms with E-state index in [-0.39, 0.29) is 23.2 Å². The van der Waals surface area contributed by atoms with E-state index >= 15 is 0 Å². The summed E-state index contributed by atoms with van der Waals surface area (Å²) in [5.41, 5.74) is 3.97. The van der Waals surface area contributed by atoms with Gasteiger partial charge in [0.15, 0.2) is 0 Å². The van der Waals surface area contributed by atoms with Crippen molar-refractivity contribution in [3.8, 4) is 0 Å². The quantitative estimate of drug-likeness (QED) is 0.894. The van der Waals surface area contributed by atoms with Crippen LogP contribution in [0, 0.1) is 11.2 Å². The summed E-state index contributed by atoms with van der Waals surface area (Å²) in [7, 11) is 2.02. The number of nitrogens with one attached hydrogen (secondary N) is 1. The lowest BCUT2D eigenvalue weighted by Crippen LogP contribution is -2.73. The minimum atomic E-state index is -0.244. The number of hydrogen-bond acceptors (Lipinski definition) is 2. The molecule has 6 rings (SSSR count). The number of fused-ring (bicyclic) bond motifs is 1. The molecule has 1 unspecified atom stereocenters. The van der Waals surface area contributed by atoms with Crippen molar-refractivity contribution in [1.82, 2.24) is 10.2 Å². The molecule has 2 bridgehead atoms. The van der Waals surface area contributed by atoms with Crippen molar-refractivity contribution in [2.45, 2.75) is 43.7 Å². The zero-order valence-corrected chi connectivity index (χ0v) is 15.7. The smallest absolute Gasteiger partial charge is 0.223 e. The lowest BCUT2D eigenvalue weighted by molar-refractivity contribution is -0.172. The average molecular weight is 364 g/mol.